The van der Waals surface area contributed by atoms with E-state index in [9.17, 15) is 0 Å². The molecule has 8 nitrogen and oxygen atoms in total. The van der Waals surface area contributed by atoms with Crippen LogP contribution in [0.3, 0.4) is 0 Å². The first-order valence-electron chi connectivity index (χ1n) is 1.79. The molecule has 0 aliphatic heterocycles. The molecule has 0 aliphatic rings. The molecule has 0 aromatic rings. The van der Waals surface area contributed by atoms with Crippen molar-refractivity contribution >= 4 is 58.5 Å². The summed E-state index contributed by atoms with van der Waals surface area (Å²) in [6.45, 7) is 0. The Labute approximate surface area is 96.6 Å². The van der Waals surface area contributed by atoms with Gasteiger partial charge in [-0.3, -0.25) is 0 Å². The van der Waals surface area contributed by atoms with Crippen molar-refractivity contribution in [2.75, 3.05) is 0 Å². The topological polar surface area (TPSA) is 162 Å². The molecule has 0 spiro atoms. The standard InChI is InChI=1S/Al.Mg.2H4O4Si.5H/c;;2*1-5(2,3)4;;;;;/h;;2*1-4H;;;;;. The first kappa shape index (κ1) is 23.3. The summed E-state index contributed by atoms with van der Waals surface area (Å²) in [5.74, 6) is 0. The Kier molecular flexibility index (Phi) is 17.5. The molecule has 0 saturated carbocycles. The average molecular weight is 249 g/mol. The number of rotatable bonds is 0. The smallest absolute Gasteiger partial charge is 0.368 e. The Bertz CT molecular complexity index is 60.0. The molecule has 0 radical (unpaired) electrons. The minimum Gasteiger partial charge on any atom is -0.368 e. The van der Waals surface area contributed by atoms with Gasteiger partial charge in [0.1, 0.15) is 0 Å². The summed E-state index contributed by atoms with van der Waals surface area (Å²) in [4.78, 5) is 58.6. The molecule has 0 aromatic carbocycles. The van der Waals surface area contributed by atoms with Crippen LogP contribution in [-0.2, 0) is 0 Å². The maximum atomic E-state index is 7.33. The highest BCUT2D eigenvalue weighted by molar-refractivity contribution is 6.47. The maximum Gasteiger partial charge on any atom is 0.668 e. The van der Waals surface area contributed by atoms with Gasteiger partial charge in [-0.1, -0.05) is 0 Å². The lowest BCUT2D eigenvalue weighted by molar-refractivity contribution is 0.115. The summed E-state index contributed by atoms with van der Waals surface area (Å²) in [5, 5.41) is 0. The van der Waals surface area contributed by atoms with Gasteiger partial charge in [-0.15, -0.1) is 0 Å². The van der Waals surface area contributed by atoms with Crippen LogP contribution in [0.5, 0.6) is 0 Å². The van der Waals surface area contributed by atoms with Crippen LogP contribution < -0.4 is 0 Å². The molecule has 0 aromatic heterocycles. The fourth-order valence-corrected chi connectivity index (χ4v) is 0. The summed E-state index contributed by atoms with van der Waals surface area (Å²) in [6.07, 6.45) is 0. The molecule has 8 N–H and O–H groups in total. The van der Waals surface area contributed by atoms with Crippen molar-refractivity contribution in [3.05, 3.63) is 0 Å². The van der Waals surface area contributed by atoms with E-state index in [2.05, 4.69) is 0 Å². The second-order valence-electron chi connectivity index (χ2n) is 1.20. The predicted octanol–water partition coefficient (Wildman–Crippen LogP) is -7.32. The van der Waals surface area contributed by atoms with Crippen LogP contribution >= 0.6 is 0 Å². The van der Waals surface area contributed by atoms with Crippen molar-refractivity contribution in [3.8, 4) is 0 Å². The molecule has 0 bridgehead atoms. The molecule has 0 heterocycles. The summed E-state index contributed by atoms with van der Waals surface area (Å²) in [6, 6.07) is 0. The molecule has 12 heavy (non-hydrogen) atoms. The van der Waals surface area contributed by atoms with Crippen LogP contribution in [0, 0.1) is 0 Å². The number of hydrogen-bond donors (Lipinski definition) is 8. The molecule has 0 fully saturated rings. The van der Waals surface area contributed by atoms with E-state index in [1.807, 2.05) is 0 Å². The van der Waals surface area contributed by atoms with Crippen LogP contribution in [0.15, 0.2) is 0 Å². The zero-order valence-corrected chi connectivity index (χ0v) is 6.58. The van der Waals surface area contributed by atoms with Gasteiger partial charge in [-0.05, 0) is 0 Å². The van der Waals surface area contributed by atoms with E-state index in [0.717, 1.165) is 0 Å². The first-order chi connectivity index (χ1) is 4.00. The molecule has 12 heteroatoms. The normalized spacial score (nSPS) is 10.0. The van der Waals surface area contributed by atoms with Crippen LogP contribution in [0.25, 0.3) is 0 Å². The van der Waals surface area contributed by atoms with E-state index in [1.165, 1.54) is 0 Å². The summed E-state index contributed by atoms with van der Waals surface area (Å²) in [7, 11) is -9.22. The molecule has 0 rings (SSSR count). The van der Waals surface area contributed by atoms with Crippen molar-refractivity contribution in [2.24, 2.45) is 0 Å². The van der Waals surface area contributed by atoms with E-state index in [-0.39, 0.29) is 40.4 Å². The van der Waals surface area contributed by atoms with Crippen molar-refractivity contribution in [1.29, 1.82) is 0 Å². The lowest BCUT2D eigenvalue weighted by Gasteiger charge is -1.91. The van der Waals surface area contributed by atoms with Gasteiger partial charge in [0, 0.05) is 0 Å². The third-order valence-corrected chi connectivity index (χ3v) is 0. The molecule has 74 valence electrons. The molecular formula is H13AlMgO8Si2. The Morgan fingerprint density at radius 2 is 0.500 bits per heavy atom. The van der Waals surface area contributed by atoms with E-state index in [1.54, 1.807) is 0 Å². The van der Waals surface area contributed by atoms with Gasteiger partial charge in [0.15, 0.2) is 17.4 Å². The lowest BCUT2D eigenvalue weighted by Crippen LogP contribution is -2.33. The quantitative estimate of drug-likeness (QED) is 0.196. The first-order valence-corrected chi connectivity index (χ1v) is 5.37. The second-order valence-corrected chi connectivity index (χ2v) is 3.60. The Balaban J connectivity index is -0.0000000457. The monoisotopic (exact) mass is 248 g/mol. The van der Waals surface area contributed by atoms with Crippen LogP contribution in [-0.4, -0.2) is 96.9 Å². The molecular weight excluding hydrogens is 235 g/mol. The van der Waals surface area contributed by atoms with Crippen LogP contribution in [0.4, 0.5) is 0 Å². The predicted molar refractivity (Wildman–Crippen MR) is 47.7 cm³/mol. The summed E-state index contributed by atoms with van der Waals surface area (Å²) >= 11 is 0. The lowest BCUT2D eigenvalue weighted by atomic mass is 15.7. The minimum atomic E-state index is -4.61. The fraction of sp³-hybridized carbons (Fsp3) is 0. The molecule has 0 atom stereocenters. The third-order valence-electron chi connectivity index (χ3n) is 0. The van der Waals surface area contributed by atoms with Gasteiger partial charge in [0.25, 0.3) is 0 Å². The van der Waals surface area contributed by atoms with Gasteiger partial charge in [-0.2, -0.15) is 0 Å². The van der Waals surface area contributed by atoms with Crippen LogP contribution in [0.2, 0.25) is 0 Å². The fourth-order valence-electron chi connectivity index (χ4n) is 0. The van der Waals surface area contributed by atoms with Gasteiger partial charge in [0.2, 0.25) is 0 Å². The Morgan fingerprint density at radius 1 is 0.500 bits per heavy atom. The second kappa shape index (κ2) is 8.99. The zero-order valence-electron chi connectivity index (χ0n) is 4.58. The largest absolute Gasteiger partial charge is 0.668 e. The van der Waals surface area contributed by atoms with E-state index >= 15 is 0 Å². The maximum absolute atomic E-state index is 7.33. The molecule has 0 unspecified atom stereocenters. The highest BCUT2D eigenvalue weighted by Crippen LogP contribution is 1.67. The van der Waals surface area contributed by atoms with Gasteiger partial charge >= 0.3 is 41.1 Å². The highest BCUT2D eigenvalue weighted by Gasteiger charge is 2.22. The summed E-state index contributed by atoms with van der Waals surface area (Å²) in [5.41, 5.74) is 0. The van der Waals surface area contributed by atoms with Gasteiger partial charge in [-0.25, -0.2) is 0 Å². The number of hydrogen-bond acceptors (Lipinski definition) is 8. The Morgan fingerprint density at radius 3 is 0.500 bits per heavy atom. The van der Waals surface area contributed by atoms with Crippen molar-refractivity contribution in [3.63, 3.8) is 0 Å². The van der Waals surface area contributed by atoms with Crippen molar-refractivity contribution in [2.45, 2.75) is 0 Å². The van der Waals surface area contributed by atoms with Crippen LogP contribution in [0.1, 0.15) is 0 Å². The molecule has 0 amide bonds. The SMILES string of the molecule is O[Si](O)(O)O.O[Si](O)(O)O.[AlH3].[MgH2]. The Hall–Kier alpha value is 1.41. The molecule has 0 aliphatic carbocycles. The average Bonchev–Trinajstić information content (AvgIpc) is 1.12. The van der Waals surface area contributed by atoms with Gasteiger partial charge < -0.3 is 38.4 Å². The highest BCUT2D eigenvalue weighted by atomic mass is 28.4. The zero-order chi connectivity index (χ0) is 9.00. The van der Waals surface area contributed by atoms with Gasteiger partial charge in [0.05, 0.1) is 0 Å². The minimum absolute atomic E-state index is 0. The van der Waals surface area contributed by atoms with Crippen molar-refractivity contribution < 1.29 is 38.4 Å². The van der Waals surface area contributed by atoms with E-state index in [4.69, 9.17) is 38.4 Å². The van der Waals surface area contributed by atoms with Crippen molar-refractivity contribution in [1.82, 2.24) is 0 Å². The molecule has 0 saturated heterocycles. The van der Waals surface area contributed by atoms with E-state index in [0.29, 0.717) is 0 Å². The summed E-state index contributed by atoms with van der Waals surface area (Å²) < 4.78 is 0. The third kappa shape index (κ3) is 620. The van der Waals surface area contributed by atoms with E-state index < -0.39 is 18.1 Å².